The largest absolute Gasteiger partial charge is 0.481 e. The monoisotopic (exact) mass is 589 g/mol. The van der Waals surface area contributed by atoms with Crippen LogP contribution >= 0.6 is 0 Å². The predicted octanol–water partition coefficient (Wildman–Crippen LogP) is 4.49. The van der Waals surface area contributed by atoms with E-state index < -0.39 is 35.5 Å². The number of likely N-dealkylation sites (tertiary alicyclic amines) is 1. The van der Waals surface area contributed by atoms with Gasteiger partial charge in [0.1, 0.15) is 11.4 Å². The second-order valence-corrected chi connectivity index (χ2v) is 12.3. The molecule has 0 radical (unpaired) electrons. The van der Waals surface area contributed by atoms with Gasteiger partial charge in [-0.1, -0.05) is 19.1 Å². The molecule has 0 saturated carbocycles. The van der Waals surface area contributed by atoms with E-state index in [0.717, 1.165) is 6.42 Å². The lowest BCUT2D eigenvalue weighted by atomic mass is 9.92. The van der Waals surface area contributed by atoms with Gasteiger partial charge in [0.05, 0.1) is 23.3 Å². The van der Waals surface area contributed by atoms with Gasteiger partial charge in [0.2, 0.25) is 0 Å². The van der Waals surface area contributed by atoms with Crippen LogP contribution in [0.5, 0.6) is 0 Å². The number of carbonyl (C=O) groups excluding carboxylic acids is 2. The molecule has 3 rings (SSSR count). The van der Waals surface area contributed by atoms with Gasteiger partial charge in [-0.05, 0) is 83.1 Å². The lowest BCUT2D eigenvalue weighted by Gasteiger charge is -2.42. The summed E-state index contributed by atoms with van der Waals surface area (Å²) in [4.78, 5) is 42.4. The van der Waals surface area contributed by atoms with Gasteiger partial charge < -0.3 is 24.4 Å². The number of hydrogen-bond acceptors (Lipinski definition) is 7. The van der Waals surface area contributed by atoms with Crippen molar-refractivity contribution in [3.63, 3.8) is 0 Å². The SMILES string of the molecule is COCCCCc1c(C(=O)N(CC(C)C)[C@H]2C[C@@H](C(=O)O)CN(C(=O)OC(C)(C)C)C2)nnn1-c1ccc(F)c(C)c1. The molecular weight excluding hydrogens is 545 g/mol. The Morgan fingerprint density at radius 1 is 1.19 bits per heavy atom. The molecule has 232 valence electrons. The molecule has 1 aromatic carbocycles. The molecule has 12 heteroatoms. The number of benzene rings is 1. The van der Waals surface area contributed by atoms with Gasteiger partial charge in [0.15, 0.2) is 5.69 Å². The van der Waals surface area contributed by atoms with Crippen LogP contribution in [0, 0.1) is 24.6 Å². The topological polar surface area (TPSA) is 127 Å². The van der Waals surface area contributed by atoms with E-state index in [9.17, 15) is 23.9 Å². The summed E-state index contributed by atoms with van der Waals surface area (Å²) in [5.74, 6) is -2.60. The van der Waals surface area contributed by atoms with Crippen LogP contribution in [-0.2, 0) is 20.7 Å². The number of aromatic nitrogens is 3. The Morgan fingerprint density at radius 2 is 1.90 bits per heavy atom. The fourth-order valence-corrected chi connectivity index (χ4v) is 5.08. The highest BCUT2D eigenvalue weighted by Crippen LogP contribution is 2.27. The lowest BCUT2D eigenvalue weighted by Crippen LogP contribution is -2.56. The minimum atomic E-state index is -1.04. The summed E-state index contributed by atoms with van der Waals surface area (Å²) in [6.45, 7) is 11.8. The van der Waals surface area contributed by atoms with E-state index in [1.165, 1.54) is 11.0 Å². The number of halogens is 1. The molecule has 2 aromatic rings. The van der Waals surface area contributed by atoms with E-state index in [0.29, 0.717) is 42.9 Å². The number of amides is 2. The Hall–Kier alpha value is -3.54. The van der Waals surface area contributed by atoms with Crippen LogP contribution in [0.4, 0.5) is 9.18 Å². The van der Waals surface area contributed by atoms with Crippen LogP contribution in [0.15, 0.2) is 18.2 Å². The Morgan fingerprint density at radius 3 is 2.50 bits per heavy atom. The molecule has 2 atom stereocenters. The molecule has 42 heavy (non-hydrogen) atoms. The van der Waals surface area contributed by atoms with Gasteiger partial charge in [-0.15, -0.1) is 5.10 Å². The summed E-state index contributed by atoms with van der Waals surface area (Å²) < 4.78 is 26.3. The Kier molecular flexibility index (Phi) is 11.1. The summed E-state index contributed by atoms with van der Waals surface area (Å²) in [5, 5.41) is 18.5. The summed E-state index contributed by atoms with van der Waals surface area (Å²) in [6, 6.07) is 4.02. The zero-order valence-corrected chi connectivity index (χ0v) is 25.7. The number of nitrogens with zero attached hydrogens (tertiary/aromatic N) is 5. The van der Waals surface area contributed by atoms with Crippen molar-refractivity contribution < 1.29 is 33.4 Å². The van der Waals surface area contributed by atoms with Gasteiger partial charge in [-0.3, -0.25) is 9.59 Å². The third-order valence-electron chi connectivity index (χ3n) is 7.06. The summed E-state index contributed by atoms with van der Waals surface area (Å²) in [6.07, 6.45) is 1.48. The van der Waals surface area contributed by atoms with Crippen molar-refractivity contribution in [2.24, 2.45) is 11.8 Å². The number of aliphatic carboxylic acids is 1. The van der Waals surface area contributed by atoms with Gasteiger partial charge in [-0.2, -0.15) is 0 Å². The minimum Gasteiger partial charge on any atom is -0.481 e. The molecule has 0 bridgehead atoms. The van der Waals surface area contributed by atoms with Crippen LogP contribution in [-0.4, -0.2) is 92.9 Å². The number of piperidine rings is 1. The Balaban J connectivity index is 2.02. The maximum atomic E-state index is 14.3. The maximum absolute atomic E-state index is 14.3. The number of rotatable bonds is 11. The fraction of sp³-hybridized carbons (Fsp3) is 0.633. The summed E-state index contributed by atoms with van der Waals surface area (Å²) >= 11 is 0. The number of carboxylic acid groups (broad SMARTS) is 1. The highest BCUT2D eigenvalue weighted by molar-refractivity contribution is 5.94. The molecule has 0 spiro atoms. The van der Waals surface area contributed by atoms with E-state index in [1.807, 2.05) is 13.8 Å². The molecule has 11 nitrogen and oxygen atoms in total. The molecule has 1 saturated heterocycles. The smallest absolute Gasteiger partial charge is 0.410 e. The average molecular weight is 590 g/mol. The van der Waals surface area contributed by atoms with Gasteiger partial charge in [0, 0.05) is 33.4 Å². The van der Waals surface area contributed by atoms with Gasteiger partial charge in [0.25, 0.3) is 5.91 Å². The van der Waals surface area contributed by atoms with Crippen molar-refractivity contribution in [3.8, 4) is 5.69 Å². The molecular formula is C30H44FN5O6. The second kappa shape index (κ2) is 14.1. The van der Waals surface area contributed by atoms with E-state index in [2.05, 4.69) is 10.3 Å². The number of ether oxygens (including phenoxy) is 2. The molecule has 2 heterocycles. The molecule has 1 aromatic heterocycles. The van der Waals surface area contributed by atoms with E-state index in [-0.39, 0.29) is 36.9 Å². The van der Waals surface area contributed by atoms with Crippen molar-refractivity contribution in [1.82, 2.24) is 24.8 Å². The van der Waals surface area contributed by atoms with E-state index in [1.54, 1.807) is 56.5 Å². The zero-order chi connectivity index (χ0) is 31.2. The van der Waals surface area contributed by atoms with Crippen molar-refractivity contribution in [3.05, 3.63) is 41.0 Å². The summed E-state index contributed by atoms with van der Waals surface area (Å²) in [5.41, 5.74) is 0.983. The minimum absolute atomic E-state index is 0.00466. The number of carbonyl (C=O) groups is 3. The molecule has 1 fully saturated rings. The zero-order valence-electron chi connectivity index (χ0n) is 25.7. The first-order valence-electron chi connectivity index (χ1n) is 14.4. The number of carboxylic acids is 1. The molecule has 2 amide bonds. The Bertz CT molecular complexity index is 1260. The first-order valence-corrected chi connectivity index (χ1v) is 14.4. The third-order valence-corrected chi connectivity index (χ3v) is 7.06. The van der Waals surface area contributed by atoms with Crippen LogP contribution in [0.25, 0.3) is 5.69 Å². The standard InChI is InChI=1S/C30H44FN5O6/c1-19(2)16-35(23-15-21(28(38)39)17-34(18-23)29(40)42-30(4,5)6)27(37)26-25(10-8-9-13-41-7)36(33-32-26)22-11-12-24(31)20(3)14-22/h11-12,14,19,21,23H,8-10,13,15-18H2,1-7H3,(H,38,39)/t21-,23+/m1/s1. The number of unbranched alkanes of at least 4 members (excludes halogenated alkanes) is 1. The number of methoxy groups -OCH3 is 1. The third kappa shape index (κ3) is 8.50. The average Bonchev–Trinajstić information content (AvgIpc) is 3.33. The van der Waals surface area contributed by atoms with Crippen molar-refractivity contribution >= 4 is 18.0 Å². The molecule has 1 aliphatic heterocycles. The number of aryl methyl sites for hydroxylation is 1. The van der Waals surface area contributed by atoms with Crippen LogP contribution in [0.2, 0.25) is 0 Å². The molecule has 0 aliphatic carbocycles. The van der Waals surface area contributed by atoms with E-state index in [4.69, 9.17) is 9.47 Å². The molecule has 1 aliphatic rings. The summed E-state index contributed by atoms with van der Waals surface area (Å²) in [7, 11) is 1.63. The molecule has 0 unspecified atom stereocenters. The maximum Gasteiger partial charge on any atom is 0.410 e. The highest BCUT2D eigenvalue weighted by Gasteiger charge is 2.40. The quantitative estimate of drug-likeness (QED) is 0.380. The predicted molar refractivity (Wildman–Crippen MR) is 154 cm³/mol. The number of hydrogen-bond donors (Lipinski definition) is 1. The van der Waals surface area contributed by atoms with Crippen molar-refractivity contribution in [2.75, 3.05) is 33.4 Å². The van der Waals surface area contributed by atoms with Crippen LogP contribution in [0.1, 0.15) is 75.6 Å². The van der Waals surface area contributed by atoms with Crippen LogP contribution < -0.4 is 0 Å². The Labute approximate surface area is 246 Å². The van der Waals surface area contributed by atoms with Gasteiger partial charge >= 0.3 is 12.1 Å². The van der Waals surface area contributed by atoms with E-state index >= 15 is 0 Å². The molecule has 1 N–H and O–H groups in total. The second-order valence-electron chi connectivity index (χ2n) is 12.3. The first-order chi connectivity index (χ1) is 19.7. The van der Waals surface area contributed by atoms with Crippen molar-refractivity contribution in [1.29, 1.82) is 0 Å². The first kappa shape index (κ1) is 33.0. The normalized spacial score (nSPS) is 17.4. The van der Waals surface area contributed by atoms with Crippen LogP contribution in [0.3, 0.4) is 0 Å². The lowest BCUT2D eigenvalue weighted by molar-refractivity contribution is -0.144. The van der Waals surface area contributed by atoms with Crippen molar-refractivity contribution in [2.45, 2.75) is 78.9 Å². The fourth-order valence-electron chi connectivity index (χ4n) is 5.08. The van der Waals surface area contributed by atoms with Gasteiger partial charge in [-0.25, -0.2) is 13.9 Å². The highest BCUT2D eigenvalue weighted by atomic mass is 19.1.